The lowest BCUT2D eigenvalue weighted by atomic mass is 10.2. The average molecular weight is 253 g/mol. The Labute approximate surface area is 107 Å². The number of halogens is 1. The highest BCUT2D eigenvalue weighted by Gasteiger charge is 2.07. The number of nitrogens with one attached hydrogen (secondary N) is 1. The van der Waals surface area contributed by atoms with Crippen LogP contribution in [0.2, 0.25) is 5.02 Å². The summed E-state index contributed by atoms with van der Waals surface area (Å²) >= 11 is 6.14. The number of anilines is 1. The van der Waals surface area contributed by atoms with Crippen molar-refractivity contribution in [3.8, 4) is 5.75 Å². The summed E-state index contributed by atoms with van der Waals surface area (Å²) in [5, 5.41) is 3.99. The molecule has 1 aromatic rings. The minimum atomic E-state index is 0.692. The van der Waals surface area contributed by atoms with Crippen molar-refractivity contribution in [3.63, 3.8) is 0 Å². The van der Waals surface area contributed by atoms with Crippen LogP contribution in [0, 0.1) is 0 Å². The van der Waals surface area contributed by atoms with Crippen LogP contribution < -0.4 is 10.1 Å². The minimum Gasteiger partial charge on any atom is -0.497 e. The maximum atomic E-state index is 6.14. The monoisotopic (exact) mass is 252 g/mol. The predicted octanol–water partition coefficient (Wildman–Crippen LogP) is 3.73. The summed E-state index contributed by atoms with van der Waals surface area (Å²) in [7, 11) is 1.65. The van der Waals surface area contributed by atoms with Crippen molar-refractivity contribution < 1.29 is 4.74 Å². The summed E-state index contributed by atoms with van der Waals surface area (Å²) in [6, 6.07) is 5.58. The van der Waals surface area contributed by atoms with Gasteiger partial charge in [0, 0.05) is 19.0 Å². The fourth-order valence-corrected chi connectivity index (χ4v) is 2.02. The highest BCUT2D eigenvalue weighted by atomic mass is 35.5. The van der Waals surface area contributed by atoms with Crippen LogP contribution in [-0.2, 0) is 0 Å². The zero-order chi connectivity index (χ0) is 12.1. The van der Waals surface area contributed by atoms with Gasteiger partial charge in [-0.25, -0.2) is 0 Å². The Morgan fingerprint density at radius 2 is 2.18 bits per heavy atom. The molecule has 1 N–H and O–H groups in total. The SMILES string of the molecule is COc1ccc(Cl)c(NC2=NCCCCC2)c1. The summed E-state index contributed by atoms with van der Waals surface area (Å²) in [6.07, 6.45) is 4.61. The average Bonchev–Trinajstić information content (AvgIpc) is 2.60. The molecular weight excluding hydrogens is 236 g/mol. The zero-order valence-electron chi connectivity index (χ0n) is 10.0. The molecule has 0 radical (unpaired) electrons. The summed E-state index contributed by atoms with van der Waals surface area (Å²) < 4.78 is 5.19. The molecule has 3 nitrogen and oxygen atoms in total. The first-order valence-electron chi connectivity index (χ1n) is 5.93. The van der Waals surface area contributed by atoms with Gasteiger partial charge < -0.3 is 10.1 Å². The molecule has 0 atom stereocenters. The molecule has 0 spiro atoms. The molecule has 0 saturated carbocycles. The number of nitrogens with zero attached hydrogens (tertiary/aromatic N) is 1. The first-order valence-corrected chi connectivity index (χ1v) is 6.31. The van der Waals surface area contributed by atoms with E-state index >= 15 is 0 Å². The summed E-state index contributed by atoms with van der Waals surface area (Å²) in [4.78, 5) is 4.52. The highest BCUT2D eigenvalue weighted by molar-refractivity contribution is 6.33. The number of hydrogen-bond acceptors (Lipinski definition) is 3. The van der Waals surface area contributed by atoms with Crippen molar-refractivity contribution in [3.05, 3.63) is 23.2 Å². The van der Waals surface area contributed by atoms with Gasteiger partial charge in [0.2, 0.25) is 0 Å². The number of aliphatic imine (C=N–C) groups is 1. The third-order valence-corrected chi connectivity index (χ3v) is 3.16. The molecule has 0 amide bonds. The van der Waals surface area contributed by atoms with Gasteiger partial charge in [-0.1, -0.05) is 18.0 Å². The largest absolute Gasteiger partial charge is 0.497 e. The van der Waals surface area contributed by atoms with E-state index in [4.69, 9.17) is 16.3 Å². The fourth-order valence-electron chi connectivity index (χ4n) is 1.86. The molecule has 0 bridgehead atoms. The minimum absolute atomic E-state index is 0.692. The van der Waals surface area contributed by atoms with Crippen LogP contribution in [0.3, 0.4) is 0 Å². The van der Waals surface area contributed by atoms with Gasteiger partial charge in [-0.3, -0.25) is 4.99 Å². The molecule has 4 heteroatoms. The van der Waals surface area contributed by atoms with Crippen molar-refractivity contribution in [2.75, 3.05) is 19.0 Å². The number of benzene rings is 1. The van der Waals surface area contributed by atoms with E-state index in [9.17, 15) is 0 Å². The molecule has 0 unspecified atom stereocenters. The van der Waals surface area contributed by atoms with Crippen LogP contribution in [0.5, 0.6) is 5.75 Å². The maximum absolute atomic E-state index is 6.14. The van der Waals surface area contributed by atoms with Gasteiger partial charge in [0.25, 0.3) is 0 Å². The van der Waals surface area contributed by atoms with Gasteiger partial charge in [0.15, 0.2) is 0 Å². The number of ether oxygens (including phenoxy) is 1. The van der Waals surface area contributed by atoms with Crippen LogP contribution in [0.25, 0.3) is 0 Å². The lowest BCUT2D eigenvalue weighted by Gasteiger charge is -2.11. The van der Waals surface area contributed by atoms with Crippen LogP contribution in [0.4, 0.5) is 5.69 Å². The summed E-state index contributed by atoms with van der Waals surface area (Å²) in [6.45, 7) is 0.907. The van der Waals surface area contributed by atoms with E-state index in [0.29, 0.717) is 5.02 Å². The first kappa shape index (κ1) is 12.2. The molecule has 1 heterocycles. The molecule has 0 fully saturated rings. The second-order valence-electron chi connectivity index (χ2n) is 4.11. The molecule has 1 aliphatic rings. The third kappa shape index (κ3) is 3.37. The van der Waals surface area contributed by atoms with Gasteiger partial charge in [-0.05, 0) is 25.0 Å². The molecule has 1 aliphatic heterocycles. The van der Waals surface area contributed by atoms with Crippen LogP contribution in [0.15, 0.2) is 23.2 Å². The van der Waals surface area contributed by atoms with Crippen molar-refractivity contribution in [2.45, 2.75) is 25.7 Å². The standard InChI is InChI=1S/C13H17ClN2O/c1-17-10-6-7-11(14)12(9-10)16-13-5-3-2-4-8-15-13/h6-7,9H,2-5,8H2,1H3,(H,15,16). The fraction of sp³-hybridized carbons (Fsp3) is 0.462. The third-order valence-electron chi connectivity index (χ3n) is 2.83. The van der Waals surface area contributed by atoms with Crippen molar-refractivity contribution in [1.82, 2.24) is 0 Å². The van der Waals surface area contributed by atoms with Gasteiger partial charge >= 0.3 is 0 Å². The Bertz CT molecular complexity index is 418. The topological polar surface area (TPSA) is 33.6 Å². The smallest absolute Gasteiger partial charge is 0.121 e. The molecule has 17 heavy (non-hydrogen) atoms. The Hall–Kier alpha value is -1.22. The van der Waals surface area contributed by atoms with E-state index < -0.39 is 0 Å². The maximum Gasteiger partial charge on any atom is 0.121 e. The van der Waals surface area contributed by atoms with Crippen LogP contribution >= 0.6 is 11.6 Å². The Balaban J connectivity index is 2.13. The van der Waals surface area contributed by atoms with Gasteiger partial charge in [0.1, 0.15) is 11.6 Å². The molecule has 92 valence electrons. The van der Waals surface area contributed by atoms with E-state index in [0.717, 1.165) is 30.2 Å². The molecule has 2 rings (SSSR count). The van der Waals surface area contributed by atoms with Crippen molar-refractivity contribution >= 4 is 23.1 Å². The van der Waals surface area contributed by atoms with Gasteiger partial charge in [-0.2, -0.15) is 0 Å². The van der Waals surface area contributed by atoms with Gasteiger partial charge in [-0.15, -0.1) is 0 Å². The lowest BCUT2D eigenvalue weighted by molar-refractivity contribution is 0.415. The molecule has 0 aliphatic carbocycles. The summed E-state index contributed by atoms with van der Waals surface area (Å²) in [5.74, 6) is 1.82. The number of methoxy groups -OCH3 is 1. The predicted molar refractivity (Wildman–Crippen MR) is 72.4 cm³/mol. The molecule has 0 saturated heterocycles. The quantitative estimate of drug-likeness (QED) is 0.870. The second kappa shape index (κ2) is 5.92. The van der Waals surface area contributed by atoms with E-state index in [1.165, 1.54) is 19.3 Å². The van der Waals surface area contributed by atoms with Crippen LogP contribution in [-0.4, -0.2) is 19.5 Å². The number of amidine groups is 1. The highest BCUT2D eigenvalue weighted by Crippen LogP contribution is 2.27. The first-order chi connectivity index (χ1) is 8.29. The van der Waals surface area contributed by atoms with E-state index in [-0.39, 0.29) is 0 Å². The molecular formula is C13H17ClN2O. The van der Waals surface area contributed by atoms with E-state index in [2.05, 4.69) is 10.3 Å². The summed E-state index contributed by atoms with van der Waals surface area (Å²) in [5.41, 5.74) is 0.867. The molecule has 1 aromatic carbocycles. The Morgan fingerprint density at radius 1 is 1.29 bits per heavy atom. The van der Waals surface area contributed by atoms with E-state index in [1.54, 1.807) is 7.11 Å². The van der Waals surface area contributed by atoms with Crippen molar-refractivity contribution in [2.24, 2.45) is 4.99 Å². The zero-order valence-corrected chi connectivity index (χ0v) is 10.8. The molecule has 0 aromatic heterocycles. The number of rotatable bonds is 2. The second-order valence-corrected chi connectivity index (χ2v) is 4.52. The van der Waals surface area contributed by atoms with Crippen LogP contribution in [0.1, 0.15) is 25.7 Å². The Kier molecular flexibility index (Phi) is 4.26. The van der Waals surface area contributed by atoms with Gasteiger partial charge in [0.05, 0.1) is 17.8 Å². The lowest BCUT2D eigenvalue weighted by Crippen LogP contribution is -2.11. The van der Waals surface area contributed by atoms with E-state index in [1.807, 2.05) is 18.2 Å². The van der Waals surface area contributed by atoms with Crippen molar-refractivity contribution in [1.29, 1.82) is 0 Å². The Morgan fingerprint density at radius 3 is 3.00 bits per heavy atom. The number of hydrogen-bond donors (Lipinski definition) is 1. The normalized spacial score (nSPS) is 16.0.